The molecule has 2 aromatic rings. The Labute approximate surface area is 186 Å². The Morgan fingerprint density at radius 2 is 1.94 bits per heavy atom. The number of dihydropyridines is 1. The van der Waals surface area contributed by atoms with Crippen LogP contribution in [0, 0.1) is 5.92 Å². The predicted molar refractivity (Wildman–Crippen MR) is 113 cm³/mol. The molecule has 3 rings (SSSR count). The Morgan fingerprint density at radius 1 is 1.22 bits per heavy atom. The lowest BCUT2D eigenvalue weighted by Crippen LogP contribution is -2.24. The van der Waals surface area contributed by atoms with Gasteiger partial charge < -0.3 is 20.1 Å². The van der Waals surface area contributed by atoms with Gasteiger partial charge in [0.15, 0.2) is 6.61 Å². The summed E-state index contributed by atoms with van der Waals surface area (Å²) < 4.78 is 47.1. The number of esters is 1. The van der Waals surface area contributed by atoms with E-state index in [2.05, 4.69) is 30.3 Å². The summed E-state index contributed by atoms with van der Waals surface area (Å²) in [6.45, 7) is -1.03. The van der Waals surface area contributed by atoms with Crippen molar-refractivity contribution in [1.29, 1.82) is 0 Å². The fourth-order valence-electron chi connectivity index (χ4n) is 2.62. The van der Waals surface area contributed by atoms with Crippen molar-refractivity contribution in [2.45, 2.75) is 12.7 Å². The Kier molecular flexibility index (Phi) is 7.52. The zero-order valence-electron chi connectivity index (χ0n) is 16.8. The number of nitrogens with zero attached hydrogens (tertiary/aromatic N) is 3. The second kappa shape index (κ2) is 10.3. The Hall–Kier alpha value is -3.34. The number of aliphatic imine (C=N–C) groups is 1. The van der Waals surface area contributed by atoms with Crippen LogP contribution in [0.15, 0.2) is 47.5 Å². The fourth-order valence-corrected chi connectivity index (χ4v) is 2.75. The monoisotopic (exact) mass is 469 g/mol. The molecule has 12 heteroatoms. The molecule has 2 N–H and O–H groups in total. The molecule has 1 aliphatic heterocycles. The van der Waals surface area contributed by atoms with Gasteiger partial charge >= 0.3 is 18.2 Å². The van der Waals surface area contributed by atoms with Crippen molar-refractivity contribution < 1.29 is 27.4 Å². The minimum Gasteiger partial charge on any atom is -0.469 e. The molecule has 1 aromatic heterocycles. The maximum absolute atomic E-state index is 12.6. The number of aromatic nitrogens is 2. The van der Waals surface area contributed by atoms with Crippen molar-refractivity contribution in [2.75, 3.05) is 30.9 Å². The number of hydrogen-bond donors (Lipinski definition) is 2. The van der Waals surface area contributed by atoms with E-state index in [0.717, 1.165) is 5.56 Å². The molecule has 0 bridgehead atoms. The van der Waals surface area contributed by atoms with Crippen molar-refractivity contribution in [1.82, 2.24) is 9.97 Å². The number of alkyl halides is 3. The van der Waals surface area contributed by atoms with Crippen LogP contribution in [0.1, 0.15) is 5.56 Å². The van der Waals surface area contributed by atoms with Crippen molar-refractivity contribution in [3.63, 3.8) is 0 Å². The molecule has 170 valence electrons. The molecule has 32 heavy (non-hydrogen) atoms. The summed E-state index contributed by atoms with van der Waals surface area (Å²) in [4.78, 5) is 23.7. The van der Waals surface area contributed by atoms with Gasteiger partial charge in [-0.2, -0.15) is 23.1 Å². The van der Waals surface area contributed by atoms with E-state index < -0.39 is 30.7 Å². The fraction of sp³-hybridized carbons (Fsp3) is 0.300. The van der Waals surface area contributed by atoms with Crippen LogP contribution in [0.2, 0.25) is 5.02 Å². The van der Waals surface area contributed by atoms with Crippen LogP contribution in [0.4, 0.5) is 24.8 Å². The van der Waals surface area contributed by atoms with Crippen LogP contribution in [0.25, 0.3) is 0 Å². The number of amidine groups is 1. The molecule has 0 aliphatic carbocycles. The van der Waals surface area contributed by atoms with E-state index in [1.165, 1.54) is 13.2 Å². The molecule has 0 fully saturated rings. The number of rotatable bonds is 7. The van der Waals surface area contributed by atoms with E-state index in [9.17, 15) is 18.0 Å². The van der Waals surface area contributed by atoms with Gasteiger partial charge in [0.05, 0.1) is 19.6 Å². The second-order valence-electron chi connectivity index (χ2n) is 6.64. The maximum atomic E-state index is 12.6. The van der Waals surface area contributed by atoms with Crippen molar-refractivity contribution in [3.05, 3.63) is 53.1 Å². The molecule has 1 unspecified atom stereocenters. The number of benzene rings is 1. The van der Waals surface area contributed by atoms with Crippen molar-refractivity contribution in [3.8, 4) is 6.01 Å². The highest BCUT2D eigenvalue weighted by Crippen LogP contribution is 2.21. The third-order valence-corrected chi connectivity index (χ3v) is 4.41. The van der Waals surface area contributed by atoms with Crippen LogP contribution in [0.5, 0.6) is 6.01 Å². The molecule has 0 spiro atoms. The average Bonchev–Trinajstić information content (AvgIpc) is 2.77. The first-order valence-corrected chi connectivity index (χ1v) is 9.74. The number of methoxy groups -OCH3 is 1. The molecule has 1 atom stereocenters. The number of hydrogen-bond acceptors (Lipinski definition) is 8. The summed E-state index contributed by atoms with van der Waals surface area (Å²) in [6.07, 6.45) is -1.36. The van der Waals surface area contributed by atoms with Gasteiger partial charge in [-0.25, -0.2) is 0 Å². The molecule has 0 radical (unpaired) electrons. The highest BCUT2D eigenvalue weighted by molar-refractivity contribution is 6.30. The number of nitrogens with one attached hydrogen (secondary N) is 2. The molecule has 0 amide bonds. The molecule has 0 saturated carbocycles. The number of carbonyl (C=O) groups is 1. The molecule has 1 aromatic carbocycles. The van der Waals surface area contributed by atoms with Gasteiger partial charge in [0.1, 0.15) is 17.5 Å². The van der Waals surface area contributed by atoms with Gasteiger partial charge in [0.25, 0.3) is 0 Å². The third kappa shape index (κ3) is 7.12. The highest BCUT2D eigenvalue weighted by atomic mass is 35.5. The normalized spacial score (nSPS) is 15.7. The van der Waals surface area contributed by atoms with Crippen molar-refractivity contribution >= 4 is 35.0 Å². The zero-order valence-corrected chi connectivity index (χ0v) is 17.6. The molecule has 0 saturated heterocycles. The van der Waals surface area contributed by atoms with Crippen LogP contribution in [0.3, 0.4) is 0 Å². The maximum Gasteiger partial charge on any atom is 0.422 e. The Morgan fingerprint density at radius 3 is 2.56 bits per heavy atom. The van der Waals surface area contributed by atoms with Crippen LogP contribution >= 0.6 is 11.6 Å². The first kappa shape index (κ1) is 23.3. The summed E-state index contributed by atoms with van der Waals surface area (Å²) in [6, 6.07) is 8.08. The molecule has 8 nitrogen and oxygen atoms in total. The van der Waals surface area contributed by atoms with Gasteiger partial charge in [-0.3, -0.25) is 9.79 Å². The van der Waals surface area contributed by atoms with E-state index in [0.29, 0.717) is 17.4 Å². The number of ether oxygens (including phenoxy) is 2. The van der Waals surface area contributed by atoms with E-state index in [1.807, 2.05) is 0 Å². The van der Waals surface area contributed by atoms with Crippen LogP contribution in [-0.2, 0) is 16.1 Å². The van der Waals surface area contributed by atoms with Gasteiger partial charge in [-0.05, 0) is 23.8 Å². The Balaban J connectivity index is 1.74. The standard InChI is InChI=1S/C20H19ClF3N5O3/c1-31-18(30)13-4-7-15(26-10-13)27-17-8-16(25-9-12-2-5-14(21)6-3-12)28-19(29-17)32-11-20(22,23)24/h2-8,13H,9-11H2,1H3,(H2,25,26,27,28,29). The average molecular weight is 470 g/mol. The zero-order chi connectivity index (χ0) is 23.1. The number of carbonyl (C=O) groups excluding carboxylic acids is 1. The third-order valence-electron chi connectivity index (χ3n) is 4.16. The predicted octanol–water partition coefficient (Wildman–Crippen LogP) is 3.85. The van der Waals surface area contributed by atoms with Crippen LogP contribution < -0.4 is 15.4 Å². The first-order chi connectivity index (χ1) is 15.2. The van der Waals surface area contributed by atoms with Gasteiger partial charge in [-0.1, -0.05) is 29.8 Å². The highest BCUT2D eigenvalue weighted by Gasteiger charge is 2.29. The lowest BCUT2D eigenvalue weighted by atomic mass is 10.1. The van der Waals surface area contributed by atoms with E-state index >= 15 is 0 Å². The van der Waals surface area contributed by atoms with Gasteiger partial charge in [0, 0.05) is 17.6 Å². The smallest absolute Gasteiger partial charge is 0.422 e. The molecular weight excluding hydrogens is 451 g/mol. The lowest BCUT2D eigenvalue weighted by Gasteiger charge is -2.16. The topological polar surface area (TPSA) is 97.7 Å². The first-order valence-electron chi connectivity index (χ1n) is 9.36. The summed E-state index contributed by atoms with van der Waals surface area (Å²) in [5.74, 6) is -0.145. The summed E-state index contributed by atoms with van der Waals surface area (Å²) in [5, 5.41) is 6.48. The lowest BCUT2D eigenvalue weighted by molar-refractivity contribution is -0.154. The number of halogens is 4. The van der Waals surface area contributed by atoms with E-state index in [-0.39, 0.29) is 18.2 Å². The number of anilines is 2. The summed E-state index contributed by atoms with van der Waals surface area (Å²) in [7, 11) is 1.29. The SMILES string of the molecule is COC(=O)C1C=CC(Nc2cc(NCc3ccc(Cl)cc3)nc(OCC(F)(F)F)n2)=NC1. The second-order valence-corrected chi connectivity index (χ2v) is 7.08. The summed E-state index contributed by atoms with van der Waals surface area (Å²) in [5.41, 5.74) is 0.883. The minimum atomic E-state index is -4.54. The molecule has 1 aliphatic rings. The van der Waals surface area contributed by atoms with Crippen LogP contribution in [-0.4, -0.2) is 48.2 Å². The summed E-state index contributed by atoms with van der Waals surface area (Å²) >= 11 is 5.87. The quantitative estimate of drug-likeness (QED) is 0.594. The largest absolute Gasteiger partial charge is 0.469 e. The Bertz CT molecular complexity index is 1010. The van der Waals surface area contributed by atoms with Gasteiger partial charge in [0.2, 0.25) is 0 Å². The molecule has 2 heterocycles. The van der Waals surface area contributed by atoms with Crippen molar-refractivity contribution in [2.24, 2.45) is 10.9 Å². The molecular formula is C20H19ClF3N5O3. The van der Waals surface area contributed by atoms with Gasteiger partial charge in [-0.15, -0.1) is 0 Å². The minimum absolute atomic E-state index is 0.162. The van der Waals surface area contributed by atoms with E-state index in [1.54, 1.807) is 36.4 Å². The van der Waals surface area contributed by atoms with E-state index in [4.69, 9.17) is 16.3 Å².